The number of aliphatic hydroxyl groups is 1. The highest BCUT2D eigenvalue weighted by Crippen LogP contribution is 2.39. The summed E-state index contributed by atoms with van der Waals surface area (Å²) in [7, 11) is -3.90. The van der Waals surface area contributed by atoms with Crippen LogP contribution in [0.25, 0.3) is 0 Å². The summed E-state index contributed by atoms with van der Waals surface area (Å²) in [5.41, 5.74) is -2.81. The first-order valence-electron chi connectivity index (χ1n) is 12.3. The number of hydrogen-bond acceptors (Lipinski definition) is 6. The fraction of sp³-hybridized carbons (Fsp3) is 0.560. The molecule has 2 aliphatic heterocycles. The molecule has 0 saturated carbocycles. The Kier molecular flexibility index (Phi) is 8.08. The predicted octanol–water partition coefficient (Wildman–Crippen LogP) is 4.22. The highest BCUT2D eigenvalue weighted by atomic mass is 32.2. The first-order chi connectivity index (χ1) is 17.6. The normalized spacial score (nSPS) is 25.2. The number of piperazine rings is 1. The van der Waals surface area contributed by atoms with Gasteiger partial charge >= 0.3 is 6.18 Å². The second-order valence-electron chi connectivity index (χ2n) is 10.1. The Morgan fingerprint density at radius 1 is 1.08 bits per heavy atom. The number of hydrogen-bond donors (Lipinski definition) is 1. The van der Waals surface area contributed by atoms with Crippen LogP contribution < -0.4 is 4.90 Å². The van der Waals surface area contributed by atoms with E-state index >= 15 is 0 Å². The van der Waals surface area contributed by atoms with E-state index in [2.05, 4.69) is 0 Å². The van der Waals surface area contributed by atoms with Crippen molar-refractivity contribution in [3.63, 3.8) is 0 Å². The average molecular weight is 580 g/mol. The van der Waals surface area contributed by atoms with Crippen LogP contribution in [0.15, 0.2) is 47.4 Å². The van der Waals surface area contributed by atoms with E-state index in [1.54, 1.807) is 12.2 Å². The summed E-state index contributed by atoms with van der Waals surface area (Å²) < 4.78 is 95.5. The van der Waals surface area contributed by atoms with Crippen LogP contribution in [0.2, 0.25) is 0 Å². The van der Waals surface area contributed by atoms with E-state index in [9.17, 15) is 35.5 Å². The SMILES string of the molecule is C[C@@](O)(c1ccc(N2CCN(S(=O)(=O)C3=CC=CCC3=S)C[C@H]2CN2CCC(F)(F)CC2)cc1)C(F)(F)F. The van der Waals surface area contributed by atoms with Gasteiger partial charge in [0.1, 0.15) is 0 Å². The van der Waals surface area contributed by atoms with Gasteiger partial charge in [0.25, 0.3) is 5.92 Å². The van der Waals surface area contributed by atoms with Gasteiger partial charge in [-0.2, -0.15) is 17.5 Å². The fourth-order valence-corrected chi connectivity index (χ4v) is 7.01. The van der Waals surface area contributed by atoms with Gasteiger partial charge in [-0.15, -0.1) is 0 Å². The van der Waals surface area contributed by atoms with Gasteiger partial charge in [0.15, 0.2) is 5.60 Å². The molecule has 0 spiro atoms. The van der Waals surface area contributed by atoms with Crippen LogP contribution in [-0.2, 0) is 15.6 Å². The molecule has 0 amide bonds. The Hall–Kier alpha value is -1.93. The smallest absolute Gasteiger partial charge is 0.376 e. The maximum absolute atomic E-state index is 13.7. The number of thiocarbonyl (C=S) groups is 1. The Morgan fingerprint density at radius 3 is 2.29 bits per heavy atom. The van der Waals surface area contributed by atoms with E-state index in [1.807, 2.05) is 9.80 Å². The predicted molar refractivity (Wildman–Crippen MR) is 139 cm³/mol. The summed E-state index contributed by atoms with van der Waals surface area (Å²) in [5.74, 6) is -2.74. The highest BCUT2D eigenvalue weighted by Gasteiger charge is 2.51. The number of rotatable bonds is 6. The molecular weight excluding hydrogens is 549 g/mol. The monoisotopic (exact) mass is 579 g/mol. The van der Waals surface area contributed by atoms with Crippen LogP contribution in [0.3, 0.4) is 0 Å². The molecule has 2 fully saturated rings. The van der Waals surface area contributed by atoms with Crippen molar-refractivity contribution in [3.8, 4) is 0 Å². The summed E-state index contributed by atoms with van der Waals surface area (Å²) in [6.07, 6.45) is -0.222. The van der Waals surface area contributed by atoms with E-state index in [0.717, 1.165) is 0 Å². The summed E-state index contributed by atoms with van der Waals surface area (Å²) >= 11 is 5.28. The maximum atomic E-state index is 13.7. The quantitative estimate of drug-likeness (QED) is 0.402. The zero-order valence-corrected chi connectivity index (χ0v) is 22.4. The number of benzene rings is 1. The summed E-state index contributed by atoms with van der Waals surface area (Å²) in [6.45, 7) is 1.69. The molecule has 1 aromatic rings. The second kappa shape index (κ2) is 10.6. The zero-order chi connectivity index (χ0) is 27.9. The van der Waals surface area contributed by atoms with Gasteiger partial charge in [-0.1, -0.05) is 36.5 Å². The summed E-state index contributed by atoms with van der Waals surface area (Å²) in [6, 6.07) is 4.86. The molecule has 210 valence electrons. The second-order valence-corrected chi connectivity index (χ2v) is 12.5. The summed E-state index contributed by atoms with van der Waals surface area (Å²) in [5, 5.41) is 10.0. The highest BCUT2D eigenvalue weighted by molar-refractivity contribution is 7.96. The molecule has 0 unspecified atom stereocenters. The zero-order valence-electron chi connectivity index (χ0n) is 20.8. The molecule has 38 heavy (non-hydrogen) atoms. The largest absolute Gasteiger partial charge is 0.421 e. The van der Waals surface area contributed by atoms with Crippen molar-refractivity contribution in [2.45, 2.75) is 49.9 Å². The van der Waals surface area contributed by atoms with E-state index in [-0.39, 0.29) is 56.0 Å². The van der Waals surface area contributed by atoms with Crippen molar-refractivity contribution in [1.29, 1.82) is 0 Å². The van der Waals surface area contributed by atoms with Crippen LogP contribution in [0.1, 0.15) is 31.7 Å². The van der Waals surface area contributed by atoms with E-state index in [0.29, 0.717) is 30.4 Å². The van der Waals surface area contributed by atoms with Gasteiger partial charge in [0, 0.05) is 69.1 Å². The van der Waals surface area contributed by atoms with Crippen LogP contribution in [0.5, 0.6) is 0 Å². The minimum absolute atomic E-state index is 0.0565. The number of allylic oxidation sites excluding steroid dienone is 4. The Balaban J connectivity index is 1.59. The van der Waals surface area contributed by atoms with E-state index < -0.39 is 33.8 Å². The third-order valence-corrected chi connectivity index (χ3v) is 9.86. The molecule has 2 atom stereocenters. The molecule has 13 heteroatoms. The number of alkyl halides is 5. The molecule has 2 saturated heterocycles. The molecular formula is C25H30F5N3O3S2. The number of piperidine rings is 1. The first-order valence-corrected chi connectivity index (χ1v) is 14.1. The van der Waals surface area contributed by atoms with Crippen molar-refractivity contribution >= 4 is 32.8 Å². The minimum Gasteiger partial charge on any atom is -0.376 e. The van der Waals surface area contributed by atoms with Crippen molar-refractivity contribution in [2.24, 2.45) is 0 Å². The minimum atomic E-state index is -4.86. The molecule has 2 heterocycles. The van der Waals surface area contributed by atoms with Crippen LogP contribution in [-0.4, -0.2) is 85.0 Å². The van der Waals surface area contributed by atoms with Crippen molar-refractivity contribution in [1.82, 2.24) is 9.21 Å². The number of nitrogens with zero attached hydrogens (tertiary/aromatic N) is 3. The van der Waals surface area contributed by atoms with Crippen LogP contribution >= 0.6 is 12.2 Å². The standard InChI is InChI=1S/C25H30F5N3O3S2/c1-23(34,25(28,29)30)18-6-8-19(9-7-18)33-15-14-32(38(35,36)22-5-3-2-4-21(22)37)17-20(33)16-31-12-10-24(26,27)11-13-31/h2-3,5-9,20,34H,4,10-17H2,1H3/t20-,23-/m1/s1. The topological polar surface area (TPSA) is 64.1 Å². The van der Waals surface area contributed by atoms with Gasteiger partial charge in [0.05, 0.1) is 10.9 Å². The molecule has 6 nitrogen and oxygen atoms in total. The number of anilines is 1. The van der Waals surface area contributed by atoms with E-state index in [4.69, 9.17) is 12.2 Å². The number of sulfonamides is 1. The van der Waals surface area contributed by atoms with Gasteiger partial charge in [-0.3, -0.25) is 0 Å². The molecule has 3 aliphatic rings. The molecule has 1 aliphatic carbocycles. The number of likely N-dealkylation sites (tertiary alicyclic amines) is 1. The van der Waals surface area contributed by atoms with Gasteiger partial charge < -0.3 is 14.9 Å². The fourth-order valence-electron chi connectivity index (χ4n) is 4.94. The van der Waals surface area contributed by atoms with Crippen molar-refractivity contribution in [3.05, 3.63) is 53.0 Å². The van der Waals surface area contributed by atoms with Gasteiger partial charge in [-0.05, 0) is 30.7 Å². The maximum Gasteiger partial charge on any atom is 0.421 e. The molecule has 1 aromatic carbocycles. The van der Waals surface area contributed by atoms with Crippen LogP contribution in [0, 0.1) is 0 Å². The molecule has 1 N–H and O–H groups in total. The lowest BCUT2D eigenvalue weighted by molar-refractivity contribution is -0.258. The molecule has 4 rings (SSSR count). The third-order valence-electron chi connectivity index (χ3n) is 7.39. The number of halogens is 5. The third kappa shape index (κ3) is 5.96. The molecule has 0 bridgehead atoms. The average Bonchev–Trinajstić information content (AvgIpc) is 2.85. The lowest BCUT2D eigenvalue weighted by Gasteiger charge is -2.45. The lowest BCUT2D eigenvalue weighted by Crippen LogP contribution is -2.59. The first kappa shape index (κ1) is 29.1. The van der Waals surface area contributed by atoms with Crippen LogP contribution in [0.4, 0.5) is 27.6 Å². The lowest BCUT2D eigenvalue weighted by atomic mass is 9.95. The Labute approximate surface area is 224 Å². The molecule has 0 aromatic heterocycles. The molecule has 0 radical (unpaired) electrons. The van der Waals surface area contributed by atoms with E-state index in [1.165, 1.54) is 34.6 Å². The van der Waals surface area contributed by atoms with Crippen molar-refractivity contribution in [2.75, 3.05) is 44.2 Å². The van der Waals surface area contributed by atoms with Gasteiger partial charge in [-0.25, -0.2) is 17.2 Å². The summed E-state index contributed by atoms with van der Waals surface area (Å²) in [4.78, 5) is 4.13. The van der Waals surface area contributed by atoms with Gasteiger partial charge in [0.2, 0.25) is 10.0 Å². The van der Waals surface area contributed by atoms with Crippen molar-refractivity contribution < 1.29 is 35.5 Å². The Morgan fingerprint density at radius 2 is 1.71 bits per heavy atom. The Bertz CT molecular complexity index is 1200.